The molecule has 2 saturated heterocycles. The Bertz CT molecular complexity index is 733. The number of likely N-dealkylation sites (N-methyl/N-ethyl adjacent to an activating group) is 1. The third-order valence-electron chi connectivity index (χ3n) is 6.08. The van der Waals surface area contributed by atoms with Crippen LogP contribution in [0, 0.1) is 5.82 Å². The molecule has 1 unspecified atom stereocenters. The molecule has 0 saturated carbocycles. The van der Waals surface area contributed by atoms with Crippen LogP contribution in [0.3, 0.4) is 0 Å². The van der Waals surface area contributed by atoms with Crippen molar-refractivity contribution in [2.75, 3.05) is 13.7 Å². The zero-order valence-corrected chi connectivity index (χ0v) is 15.2. The Balaban J connectivity index is 1.52. The summed E-state index contributed by atoms with van der Waals surface area (Å²) in [6.07, 6.45) is 4.56. The van der Waals surface area contributed by atoms with E-state index in [-0.39, 0.29) is 11.4 Å². The molecule has 2 heterocycles. The van der Waals surface area contributed by atoms with Gasteiger partial charge in [-0.1, -0.05) is 23.7 Å². The Morgan fingerprint density at radius 3 is 2.60 bits per heavy atom. The van der Waals surface area contributed by atoms with E-state index in [0.29, 0.717) is 18.6 Å². The second-order valence-electron chi connectivity index (χ2n) is 7.46. The first-order valence-electron chi connectivity index (χ1n) is 8.92. The predicted molar refractivity (Wildman–Crippen MR) is 98.8 cm³/mol. The molecule has 132 valence electrons. The van der Waals surface area contributed by atoms with Crippen LogP contribution in [0.5, 0.6) is 5.75 Å². The number of hydrogen-bond acceptors (Lipinski definition) is 2. The fraction of sp³-hybridized carbons (Fsp3) is 0.429. The first-order valence-corrected chi connectivity index (χ1v) is 9.30. The van der Waals surface area contributed by atoms with Gasteiger partial charge < -0.3 is 4.74 Å². The standard InChI is InChI=1S/C21H23ClFNO/c1-24-19-10-11-21(24,14-25-20-8-4-17(22)5-9-20)13-16(12-19)15-2-6-18(23)7-3-15/h2-9,16,19H,10-14H2,1H3/t16?,19-,21+/m0/s1. The normalized spacial score (nSPS) is 28.9. The molecular formula is C21H23ClFNO. The lowest BCUT2D eigenvalue weighted by atomic mass is 9.78. The third-order valence-corrected chi connectivity index (χ3v) is 6.34. The Morgan fingerprint density at radius 2 is 1.88 bits per heavy atom. The Hall–Kier alpha value is -1.58. The van der Waals surface area contributed by atoms with Gasteiger partial charge in [-0.3, -0.25) is 4.90 Å². The molecule has 4 heteroatoms. The Morgan fingerprint density at radius 1 is 1.16 bits per heavy atom. The number of nitrogens with zero attached hydrogens (tertiary/aromatic N) is 1. The van der Waals surface area contributed by atoms with Crippen molar-refractivity contribution in [2.24, 2.45) is 0 Å². The molecule has 2 bridgehead atoms. The largest absolute Gasteiger partial charge is 0.492 e. The van der Waals surface area contributed by atoms with Crippen molar-refractivity contribution in [1.29, 1.82) is 0 Å². The maximum atomic E-state index is 13.3. The number of fused-ring (bicyclic) bond motifs is 2. The van der Waals surface area contributed by atoms with Gasteiger partial charge in [-0.25, -0.2) is 4.39 Å². The summed E-state index contributed by atoms with van der Waals surface area (Å²) >= 11 is 5.95. The van der Waals surface area contributed by atoms with Gasteiger partial charge in [0.2, 0.25) is 0 Å². The summed E-state index contributed by atoms with van der Waals surface area (Å²) in [6, 6.07) is 15.2. The van der Waals surface area contributed by atoms with Gasteiger partial charge in [-0.15, -0.1) is 0 Å². The minimum Gasteiger partial charge on any atom is -0.492 e. The average molecular weight is 360 g/mol. The van der Waals surface area contributed by atoms with E-state index in [0.717, 1.165) is 30.0 Å². The highest BCUT2D eigenvalue weighted by Gasteiger charge is 2.50. The number of halogens is 2. The number of piperidine rings is 1. The molecule has 2 aliphatic rings. The van der Waals surface area contributed by atoms with Crippen molar-refractivity contribution in [3.63, 3.8) is 0 Å². The summed E-state index contributed by atoms with van der Waals surface area (Å²) in [4.78, 5) is 2.52. The second-order valence-corrected chi connectivity index (χ2v) is 7.90. The molecular weight excluding hydrogens is 337 g/mol. The van der Waals surface area contributed by atoms with E-state index < -0.39 is 0 Å². The average Bonchev–Trinajstić information content (AvgIpc) is 2.81. The zero-order chi connectivity index (χ0) is 17.4. The quantitative estimate of drug-likeness (QED) is 0.737. The molecule has 4 rings (SSSR count). The summed E-state index contributed by atoms with van der Waals surface area (Å²) in [7, 11) is 2.23. The van der Waals surface area contributed by atoms with Crippen molar-refractivity contribution in [3.8, 4) is 5.75 Å². The molecule has 0 spiro atoms. The molecule has 2 aromatic rings. The van der Waals surface area contributed by atoms with E-state index in [4.69, 9.17) is 16.3 Å². The van der Waals surface area contributed by atoms with Gasteiger partial charge in [0.25, 0.3) is 0 Å². The molecule has 2 aromatic carbocycles. The number of rotatable bonds is 4. The second kappa shape index (κ2) is 6.62. The van der Waals surface area contributed by atoms with E-state index in [1.165, 1.54) is 12.0 Å². The van der Waals surface area contributed by atoms with Crippen LogP contribution < -0.4 is 4.74 Å². The highest BCUT2D eigenvalue weighted by atomic mass is 35.5. The third kappa shape index (κ3) is 3.28. The van der Waals surface area contributed by atoms with Crippen LogP contribution in [0.25, 0.3) is 0 Å². The van der Waals surface area contributed by atoms with Gasteiger partial charge in [0.15, 0.2) is 0 Å². The SMILES string of the molecule is CN1[C@H]2CC[C@]1(COc1ccc(Cl)cc1)CC(c1ccc(F)cc1)C2. The van der Waals surface area contributed by atoms with Crippen molar-refractivity contribution in [3.05, 3.63) is 64.9 Å². The monoisotopic (exact) mass is 359 g/mol. The predicted octanol–water partition coefficient (Wildman–Crippen LogP) is 5.27. The molecule has 0 radical (unpaired) electrons. The molecule has 2 nitrogen and oxygen atoms in total. The lowest BCUT2D eigenvalue weighted by molar-refractivity contribution is 0.0284. The molecule has 2 aliphatic heterocycles. The summed E-state index contributed by atoms with van der Waals surface area (Å²) in [5.41, 5.74) is 1.30. The first-order chi connectivity index (χ1) is 12.1. The van der Waals surface area contributed by atoms with Crippen LogP contribution in [0.2, 0.25) is 5.02 Å². The highest BCUT2D eigenvalue weighted by Crippen LogP contribution is 2.49. The van der Waals surface area contributed by atoms with E-state index in [1.807, 2.05) is 36.4 Å². The van der Waals surface area contributed by atoms with Gasteiger partial charge in [0, 0.05) is 11.1 Å². The molecule has 2 fully saturated rings. The number of ether oxygens (including phenoxy) is 1. The van der Waals surface area contributed by atoms with E-state index in [2.05, 4.69) is 11.9 Å². The van der Waals surface area contributed by atoms with Gasteiger partial charge in [-0.2, -0.15) is 0 Å². The fourth-order valence-electron chi connectivity index (χ4n) is 4.56. The van der Waals surface area contributed by atoms with Crippen molar-refractivity contribution >= 4 is 11.6 Å². The maximum Gasteiger partial charge on any atom is 0.123 e. The summed E-state index contributed by atoms with van der Waals surface area (Å²) < 4.78 is 19.4. The summed E-state index contributed by atoms with van der Waals surface area (Å²) in [6.45, 7) is 0.680. The van der Waals surface area contributed by atoms with E-state index >= 15 is 0 Å². The lowest BCUT2D eigenvalue weighted by Gasteiger charge is -2.45. The summed E-state index contributed by atoms with van der Waals surface area (Å²) in [5, 5.41) is 0.720. The Kier molecular flexibility index (Phi) is 4.47. The molecule has 0 aliphatic carbocycles. The van der Waals surface area contributed by atoms with E-state index in [1.54, 1.807) is 12.1 Å². The molecule has 0 aromatic heterocycles. The van der Waals surface area contributed by atoms with E-state index in [9.17, 15) is 4.39 Å². The lowest BCUT2D eigenvalue weighted by Crippen LogP contribution is -2.53. The minimum absolute atomic E-state index is 0.0571. The van der Waals surface area contributed by atoms with Gasteiger partial charge in [0.1, 0.15) is 18.2 Å². The first kappa shape index (κ1) is 16.9. The van der Waals surface area contributed by atoms with Crippen LogP contribution >= 0.6 is 11.6 Å². The molecule has 0 amide bonds. The maximum absolute atomic E-state index is 13.3. The molecule has 0 N–H and O–H groups in total. The van der Waals surface area contributed by atoms with Gasteiger partial charge >= 0.3 is 0 Å². The zero-order valence-electron chi connectivity index (χ0n) is 14.4. The van der Waals surface area contributed by atoms with Crippen molar-refractivity contribution < 1.29 is 9.13 Å². The fourth-order valence-corrected chi connectivity index (χ4v) is 4.68. The van der Waals surface area contributed by atoms with Crippen LogP contribution in [0.1, 0.15) is 37.2 Å². The van der Waals surface area contributed by atoms with Gasteiger partial charge in [0.05, 0.1) is 5.54 Å². The topological polar surface area (TPSA) is 12.5 Å². The highest BCUT2D eigenvalue weighted by molar-refractivity contribution is 6.30. The number of benzene rings is 2. The van der Waals surface area contributed by atoms with Crippen molar-refractivity contribution in [2.45, 2.75) is 43.2 Å². The molecule has 25 heavy (non-hydrogen) atoms. The van der Waals surface area contributed by atoms with Crippen LogP contribution in [-0.2, 0) is 0 Å². The molecule has 3 atom stereocenters. The van der Waals surface area contributed by atoms with Crippen LogP contribution in [-0.4, -0.2) is 30.1 Å². The number of hydrogen-bond donors (Lipinski definition) is 0. The van der Waals surface area contributed by atoms with Crippen LogP contribution in [0.15, 0.2) is 48.5 Å². The van der Waals surface area contributed by atoms with Crippen molar-refractivity contribution in [1.82, 2.24) is 4.90 Å². The van der Waals surface area contributed by atoms with Gasteiger partial charge in [-0.05, 0) is 80.6 Å². The minimum atomic E-state index is -0.166. The summed E-state index contributed by atoms with van der Waals surface area (Å²) in [5.74, 6) is 1.16. The Labute approximate surface area is 153 Å². The smallest absolute Gasteiger partial charge is 0.123 e. The van der Waals surface area contributed by atoms with Crippen LogP contribution in [0.4, 0.5) is 4.39 Å².